The Bertz CT molecular complexity index is 1040. The van der Waals surface area contributed by atoms with Crippen molar-refractivity contribution >= 4 is 29.3 Å². The van der Waals surface area contributed by atoms with Crippen molar-refractivity contribution in [2.45, 2.75) is 13.5 Å². The van der Waals surface area contributed by atoms with Crippen LogP contribution in [0.15, 0.2) is 29.1 Å². The van der Waals surface area contributed by atoms with E-state index in [1.165, 1.54) is 0 Å². The Hall–Kier alpha value is -2.77. The summed E-state index contributed by atoms with van der Waals surface area (Å²) in [6.07, 6.45) is 0. The van der Waals surface area contributed by atoms with Crippen LogP contribution in [-0.2, 0) is 13.6 Å². The summed E-state index contributed by atoms with van der Waals surface area (Å²) in [4.78, 5) is 25.6. The van der Waals surface area contributed by atoms with Crippen LogP contribution in [0.5, 0.6) is 5.75 Å². The molecule has 8 heteroatoms. The van der Waals surface area contributed by atoms with E-state index in [1.54, 1.807) is 13.0 Å². The minimum Gasteiger partial charge on any atom is -0.506 e. The highest BCUT2D eigenvalue weighted by Crippen LogP contribution is 2.31. The zero-order valence-electron chi connectivity index (χ0n) is 13.7. The molecular formula is C17H18ClN3O4. The number of nitrogens with zero attached hydrogens (tertiary/aromatic N) is 1. The number of benzene rings is 1. The molecule has 0 radical (unpaired) electrons. The SMILES string of the molecule is Cc1c(-c2ccc3c(c2)cc(CN)n3C)[nH]c(=O)c(C(=O)O)c1O.Cl. The van der Waals surface area contributed by atoms with Gasteiger partial charge >= 0.3 is 5.97 Å². The molecule has 7 nitrogen and oxygen atoms in total. The first-order valence-corrected chi connectivity index (χ1v) is 7.33. The maximum Gasteiger partial charge on any atom is 0.345 e. The van der Waals surface area contributed by atoms with Gasteiger partial charge in [-0.25, -0.2) is 4.79 Å². The highest BCUT2D eigenvalue weighted by Gasteiger charge is 2.20. The van der Waals surface area contributed by atoms with Gasteiger partial charge in [-0.1, -0.05) is 6.07 Å². The molecule has 0 spiro atoms. The topological polar surface area (TPSA) is 121 Å². The summed E-state index contributed by atoms with van der Waals surface area (Å²) in [6, 6.07) is 7.52. The predicted octanol–water partition coefficient (Wildman–Crippen LogP) is 2.13. The van der Waals surface area contributed by atoms with Crippen LogP contribution in [0.2, 0.25) is 0 Å². The Kier molecular flexibility index (Phi) is 4.92. The number of carboxylic acids is 1. The fraction of sp³-hybridized carbons (Fsp3) is 0.176. The quantitative estimate of drug-likeness (QED) is 0.568. The minimum atomic E-state index is -1.46. The fourth-order valence-electron chi connectivity index (χ4n) is 2.93. The number of hydrogen-bond donors (Lipinski definition) is 4. The number of pyridine rings is 1. The van der Waals surface area contributed by atoms with E-state index in [0.717, 1.165) is 16.6 Å². The normalized spacial score (nSPS) is 10.7. The van der Waals surface area contributed by atoms with Crippen LogP contribution in [0.4, 0.5) is 0 Å². The number of carboxylic acid groups (broad SMARTS) is 1. The van der Waals surface area contributed by atoms with Crippen LogP contribution >= 0.6 is 12.4 Å². The van der Waals surface area contributed by atoms with E-state index in [9.17, 15) is 14.7 Å². The van der Waals surface area contributed by atoms with Crippen molar-refractivity contribution in [3.05, 3.63) is 51.4 Å². The molecule has 0 aliphatic rings. The maximum atomic E-state index is 12.0. The number of halogens is 1. The van der Waals surface area contributed by atoms with E-state index in [1.807, 2.05) is 29.8 Å². The Morgan fingerprint density at radius 2 is 2.00 bits per heavy atom. The molecule has 0 amide bonds. The molecule has 132 valence electrons. The second-order valence-electron chi connectivity index (χ2n) is 5.66. The molecule has 0 saturated heterocycles. The van der Waals surface area contributed by atoms with Gasteiger partial charge in [0, 0.05) is 35.8 Å². The molecule has 0 unspecified atom stereocenters. The number of carbonyl (C=O) groups is 1. The van der Waals surface area contributed by atoms with Gasteiger partial charge in [0.05, 0.1) is 5.69 Å². The average molecular weight is 364 g/mol. The molecule has 1 aromatic carbocycles. The van der Waals surface area contributed by atoms with Gasteiger partial charge in [-0.05, 0) is 30.7 Å². The lowest BCUT2D eigenvalue weighted by atomic mass is 10.0. The smallest absolute Gasteiger partial charge is 0.345 e. The molecule has 2 aromatic heterocycles. The molecule has 0 fully saturated rings. The number of aromatic carboxylic acids is 1. The van der Waals surface area contributed by atoms with Crippen molar-refractivity contribution in [2.24, 2.45) is 12.8 Å². The predicted molar refractivity (Wildman–Crippen MR) is 97.5 cm³/mol. The molecule has 3 aromatic rings. The van der Waals surface area contributed by atoms with Crippen LogP contribution in [0, 0.1) is 6.92 Å². The molecule has 3 rings (SSSR count). The largest absolute Gasteiger partial charge is 0.506 e. The third-order valence-electron chi connectivity index (χ3n) is 4.29. The Balaban J connectivity index is 0.00000225. The molecule has 0 aliphatic heterocycles. The van der Waals surface area contributed by atoms with Gasteiger partial charge in [-0.2, -0.15) is 0 Å². The van der Waals surface area contributed by atoms with Crippen LogP contribution in [0.25, 0.3) is 22.2 Å². The van der Waals surface area contributed by atoms with Crippen LogP contribution in [-0.4, -0.2) is 25.7 Å². The lowest BCUT2D eigenvalue weighted by Crippen LogP contribution is -2.19. The number of hydrogen-bond acceptors (Lipinski definition) is 4. The number of aryl methyl sites for hydroxylation is 1. The summed E-state index contributed by atoms with van der Waals surface area (Å²) < 4.78 is 1.99. The molecule has 25 heavy (non-hydrogen) atoms. The zero-order valence-corrected chi connectivity index (χ0v) is 14.5. The number of aromatic hydroxyl groups is 1. The first kappa shape index (κ1) is 18.6. The highest BCUT2D eigenvalue weighted by molar-refractivity contribution is 5.92. The number of rotatable bonds is 3. The second kappa shape index (κ2) is 6.62. The van der Waals surface area contributed by atoms with Gasteiger partial charge in [0.15, 0.2) is 5.56 Å². The summed E-state index contributed by atoms with van der Waals surface area (Å²) in [5, 5.41) is 20.1. The van der Waals surface area contributed by atoms with Crippen molar-refractivity contribution in [2.75, 3.05) is 0 Å². The van der Waals surface area contributed by atoms with E-state index in [4.69, 9.17) is 10.8 Å². The van der Waals surface area contributed by atoms with E-state index in [-0.39, 0.29) is 12.4 Å². The number of nitrogens with two attached hydrogens (primary N) is 1. The Morgan fingerprint density at radius 1 is 1.32 bits per heavy atom. The summed E-state index contributed by atoms with van der Waals surface area (Å²) in [5.74, 6) is -1.98. The van der Waals surface area contributed by atoms with Gasteiger partial charge in [0.25, 0.3) is 5.56 Å². The maximum absolute atomic E-state index is 12.0. The van der Waals surface area contributed by atoms with Gasteiger partial charge in [0.2, 0.25) is 0 Å². The van der Waals surface area contributed by atoms with Gasteiger partial charge < -0.3 is 25.5 Å². The van der Waals surface area contributed by atoms with Gasteiger partial charge in [-0.3, -0.25) is 4.79 Å². The van der Waals surface area contributed by atoms with Crippen LogP contribution in [0.3, 0.4) is 0 Å². The summed E-state index contributed by atoms with van der Waals surface area (Å²) in [7, 11) is 1.92. The van der Waals surface area contributed by atoms with Crippen molar-refractivity contribution in [1.29, 1.82) is 0 Å². The zero-order chi connectivity index (χ0) is 17.6. The summed E-state index contributed by atoms with van der Waals surface area (Å²) >= 11 is 0. The fourth-order valence-corrected chi connectivity index (χ4v) is 2.93. The van der Waals surface area contributed by atoms with E-state index in [2.05, 4.69) is 4.98 Å². The molecule has 0 atom stereocenters. The molecular weight excluding hydrogens is 346 g/mol. The lowest BCUT2D eigenvalue weighted by Gasteiger charge is -2.10. The molecule has 0 aliphatic carbocycles. The van der Waals surface area contributed by atoms with Crippen LogP contribution in [0.1, 0.15) is 21.6 Å². The summed E-state index contributed by atoms with van der Waals surface area (Å²) in [5.41, 5.74) is 7.57. The van der Waals surface area contributed by atoms with E-state index < -0.39 is 22.8 Å². The monoisotopic (exact) mass is 363 g/mol. The van der Waals surface area contributed by atoms with Crippen molar-refractivity contribution in [3.63, 3.8) is 0 Å². The Labute approximate surface area is 149 Å². The molecule has 0 bridgehead atoms. The first-order chi connectivity index (χ1) is 11.3. The number of fused-ring (bicyclic) bond motifs is 1. The molecule has 2 heterocycles. The van der Waals surface area contributed by atoms with Crippen molar-refractivity contribution < 1.29 is 15.0 Å². The number of nitrogens with one attached hydrogen (secondary N) is 1. The van der Waals surface area contributed by atoms with Gasteiger partial charge in [0.1, 0.15) is 5.75 Å². The van der Waals surface area contributed by atoms with Gasteiger partial charge in [-0.15, -0.1) is 12.4 Å². The van der Waals surface area contributed by atoms with E-state index >= 15 is 0 Å². The van der Waals surface area contributed by atoms with Crippen LogP contribution < -0.4 is 11.3 Å². The second-order valence-corrected chi connectivity index (χ2v) is 5.66. The molecule has 5 N–H and O–H groups in total. The third-order valence-corrected chi connectivity index (χ3v) is 4.29. The summed E-state index contributed by atoms with van der Waals surface area (Å²) in [6.45, 7) is 1.97. The third kappa shape index (κ3) is 2.88. The Morgan fingerprint density at radius 3 is 2.60 bits per heavy atom. The van der Waals surface area contributed by atoms with E-state index in [0.29, 0.717) is 23.4 Å². The lowest BCUT2D eigenvalue weighted by molar-refractivity contribution is 0.0691. The minimum absolute atomic E-state index is 0. The average Bonchev–Trinajstić information content (AvgIpc) is 2.86. The van der Waals surface area contributed by atoms with Crippen molar-refractivity contribution in [1.82, 2.24) is 9.55 Å². The number of aromatic nitrogens is 2. The van der Waals surface area contributed by atoms with Crippen molar-refractivity contribution in [3.8, 4) is 17.0 Å². The highest BCUT2D eigenvalue weighted by atomic mass is 35.5. The first-order valence-electron chi connectivity index (χ1n) is 7.33. The standard InChI is InChI=1S/C17H17N3O4.ClH/c1-8-14(19-16(22)13(15(8)21)17(23)24)9-3-4-12-10(5-9)6-11(7-18)20(12)2;/h3-6H,7,18H2,1-2H3,(H,23,24)(H2,19,21,22);1H. The molecule has 0 saturated carbocycles. The number of H-pyrrole nitrogens is 1. The number of aromatic amines is 1.